The monoisotopic (exact) mass is 1380 g/mol. The molecule has 16 aromatic carbocycles. The molecule has 6 nitrogen and oxygen atoms in total. The van der Waals surface area contributed by atoms with Crippen molar-refractivity contribution in [1.29, 1.82) is 0 Å². The summed E-state index contributed by atoms with van der Waals surface area (Å²) in [4.78, 5) is 29.6. The zero-order chi connectivity index (χ0) is 72.2. The van der Waals surface area contributed by atoms with Gasteiger partial charge in [-0.05, 0) is 178 Å². The Morgan fingerprint density at radius 3 is 0.435 bits per heavy atom. The predicted octanol–water partition coefficient (Wildman–Crippen LogP) is 26.4. The van der Waals surface area contributed by atoms with Crippen LogP contribution in [0.1, 0.15) is 0 Å². The summed E-state index contributed by atoms with van der Waals surface area (Å²) in [7, 11) is 0. The van der Waals surface area contributed by atoms with E-state index >= 15 is 0 Å². The summed E-state index contributed by atoms with van der Waals surface area (Å²) < 4.78 is 0. The molecule has 0 N–H and O–H groups in total. The molecule has 0 bridgehead atoms. The first-order valence-corrected chi connectivity index (χ1v) is 36.4. The highest BCUT2D eigenvalue weighted by Crippen LogP contribution is 2.40. The van der Waals surface area contributed by atoms with Gasteiger partial charge in [-0.15, -0.1) is 0 Å². The summed E-state index contributed by atoms with van der Waals surface area (Å²) >= 11 is 0. The van der Waals surface area contributed by atoms with Gasteiger partial charge in [0.15, 0.2) is 34.9 Å². The molecular formula is C102H70N6. The summed E-state index contributed by atoms with van der Waals surface area (Å²) in [6.07, 6.45) is 0. The molecule has 0 spiro atoms. The molecule has 508 valence electrons. The molecule has 0 unspecified atom stereocenters. The number of benzene rings is 16. The van der Waals surface area contributed by atoms with Crippen LogP contribution in [0.25, 0.3) is 180 Å². The minimum atomic E-state index is 0.638. The lowest BCUT2D eigenvalue weighted by Crippen LogP contribution is -2.00. The van der Waals surface area contributed by atoms with Crippen LogP contribution in [0.15, 0.2) is 425 Å². The van der Waals surface area contributed by atoms with E-state index in [0.29, 0.717) is 34.9 Å². The average molecular weight is 1380 g/mol. The first-order chi connectivity index (χ1) is 53.5. The molecule has 18 aromatic rings. The van der Waals surface area contributed by atoms with Gasteiger partial charge in [0, 0.05) is 33.4 Å². The third-order valence-corrected chi connectivity index (χ3v) is 19.4. The zero-order valence-corrected chi connectivity index (χ0v) is 59.1. The molecule has 2 heterocycles. The molecule has 18 rings (SSSR count). The molecule has 0 atom stereocenters. The van der Waals surface area contributed by atoms with Crippen molar-refractivity contribution in [2.24, 2.45) is 0 Å². The second-order valence-electron chi connectivity index (χ2n) is 26.6. The van der Waals surface area contributed by atoms with E-state index in [4.69, 9.17) is 29.9 Å². The molecule has 0 aliphatic rings. The van der Waals surface area contributed by atoms with Crippen LogP contribution in [0.2, 0.25) is 0 Å². The molecule has 0 fully saturated rings. The predicted molar refractivity (Wildman–Crippen MR) is 447 cm³/mol. The Labute approximate surface area is 630 Å². The van der Waals surface area contributed by atoms with Crippen molar-refractivity contribution < 1.29 is 0 Å². The molecule has 0 aliphatic carbocycles. The maximum absolute atomic E-state index is 4.98. The van der Waals surface area contributed by atoms with Crippen molar-refractivity contribution in [3.63, 3.8) is 0 Å². The van der Waals surface area contributed by atoms with Crippen LogP contribution in [0.4, 0.5) is 0 Å². The van der Waals surface area contributed by atoms with Gasteiger partial charge in [-0.3, -0.25) is 0 Å². The Morgan fingerprint density at radius 1 is 0.0833 bits per heavy atom. The Kier molecular flexibility index (Phi) is 19.3. The second-order valence-corrected chi connectivity index (χ2v) is 26.6. The minimum absolute atomic E-state index is 0.638. The number of hydrogen-bond donors (Lipinski definition) is 0. The van der Waals surface area contributed by atoms with Gasteiger partial charge in [0.2, 0.25) is 0 Å². The lowest BCUT2D eigenvalue weighted by molar-refractivity contribution is 1.07. The summed E-state index contributed by atoms with van der Waals surface area (Å²) in [6, 6.07) is 149. The van der Waals surface area contributed by atoms with Gasteiger partial charge < -0.3 is 0 Å². The maximum atomic E-state index is 4.98. The largest absolute Gasteiger partial charge is 0.208 e. The molecule has 0 aliphatic heterocycles. The molecule has 108 heavy (non-hydrogen) atoms. The van der Waals surface area contributed by atoms with E-state index in [0.717, 1.165) is 77.9 Å². The highest BCUT2D eigenvalue weighted by molar-refractivity contribution is 5.87. The van der Waals surface area contributed by atoms with Crippen molar-refractivity contribution in [2.45, 2.75) is 0 Å². The normalized spacial score (nSPS) is 11.0. The summed E-state index contributed by atoms with van der Waals surface area (Å²) in [5.74, 6) is 3.88. The number of hydrogen-bond acceptors (Lipinski definition) is 6. The van der Waals surface area contributed by atoms with E-state index in [-0.39, 0.29) is 0 Å². The Morgan fingerprint density at radius 2 is 0.204 bits per heavy atom. The summed E-state index contributed by atoms with van der Waals surface area (Å²) in [5, 5.41) is 0. The topological polar surface area (TPSA) is 77.3 Å². The number of rotatable bonds is 16. The van der Waals surface area contributed by atoms with Gasteiger partial charge in [0.25, 0.3) is 0 Å². The van der Waals surface area contributed by atoms with E-state index in [1.54, 1.807) is 0 Å². The Bertz CT molecular complexity index is 5950. The van der Waals surface area contributed by atoms with Crippen molar-refractivity contribution >= 4 is 0 Å². The SMILES string of the molecule is c1ccc(-c2cc(-c3ccccc3)cc(-c3ccc(-c4cccc(-c5cccc(-c6nc(-c7ccccc7)nc(-c7ccccc7)n6)c5)c4)cc3)c2)cc1.c1ccc(-c2cccc(-c3cc(-c4ccccc4)cc(-c4cccc(-c5cccc(-c6nc(-c7ccccc7)nc(-c7ccccc7)n6)c5)c4)c3)c2)cc1. The first kappa shape index (κ1) is 66.8. The third kappa shape index (κ3) is 15.3. The fraction of sp³-hybridized carbons (Fsp3) is 0. The van der Waals surface area contributed by atoms with Crippen LogP contribution >= 0.6 is 0 Å². The smallest absolute Gasteiger partial charge is 0.164 e. The Balaban J connectivity index is 0.000000158. The third-order valence-electron chi connectivity index (χ3n) is 19.4. The highest BCUT2D eigenvalue weighted by Gasteiger charge is 2.18. The maximum Gasteiger partial charge on any atom is 0.164 e. The first-order valence-electron chi connectivity index (χ1n) is 36.4. The molecule has 0 amide bonds. The van der Waals surface area contributed by atoms with E-state index < -0.39 is 0 Å². The molecule has 0 saturated heterocycles. The van der Waals surface area contributed by atoms with Crippen molar-refractivity contribution in [1.82, 2.24) is 29.9 Å². The molecule has 0 radical (unpaired) electrons. The average Bonchev–Trinajstić information content (AvgIpc) is 0.804. The van der Waals surface area contributed by atoms with Gasteiger partial charge in [0.05, 0.1) is 0 Å². The van der Waals surface area contributed by atoms with Crippen LogP contribution in [-0.2, 0) is 0 Å². The molecule has 2 aromatic heterocycles. The lowest BCUT2D eigenvalue weighted by atomic mass is 9.91. The lowest BCUT2D eigenvalue weighted by Gasteiger charge is -2.13. The van der Waals surface area contributed by atoms with Crippen LogP contribution < -0.4 is 0 Å². The van der Waals surface area contributed by atoms with Crippen LogP contribution in [-0.4, -0.2) is 29.9 Å². The van der Waals surface area contributed by atoms with E-state index in [1.807, 2.05) is 121 Å². The van der Waals surface area contributed by atoms with E-state index in [9.17, 15) is 0 Å². The van der Waals surface area contributed by atoms with Crippen molar-refractivity contribution in [2.75, 3.05) is 0 Å². The summed E-state index contributed by atoms with van der Waals surface area (Å²) in [5.41, 5.74) is 29.1. The summed E-state index contributed by atoms with van der Waals surface area (Å²) in [6.45, 7) is 0. The van der Waals surface area contributed by atoms with Gasteiger partial charge in [-0.1, -0.05) is 358 Å². The van der Waals surface area contributed by atoms with Crippen LogP contribution in [0.3, 0.4) is 0 Å². The second kappa shape index (κ2) is 31.2. The molecule has 6 heteroatoms. The number of nitrogens with zero attached hydrogens (tertiary/aromatic N) is 6. The van der Waals surface area contributed by atoms with Crippen LogP contribution in [0, 0.1) is 0 Å². The standard InChI is InChI=1S/2C51H35N3/c1-5-16-36(17-6-1)40-24-13-27-43(30-40)47-33-46(37-18-7-2-8-19-37)34-48(35-47)44-28-14-25-41(31-44)42-26-15-29-45(32-42)51-53-49(38-20-9-3-10-21-38)52-50(54-51)39-22-11-4-12-23-39;1-5-15-36(16-6-1)46-33-47(37-17-7-2-8-18-37)35-48(34-46)39-29-27-38(28-30-39)42-23-13-24-43(31-42)44-25-14-26-45(32-44)51-53-49(40-19-9-3-10-20-40)52-50(54-51)41-21-11-4-12-22-41/h2*1-35H. The van der Waals surface area contributed by atoms with Gasteiger partial charge in [0.1, 0.15) is 0 Å². The van der Waals surface area contributed by atoms with Crippen LogP contribution in [0.5, 0.6) is 0 Å². The fourth-order valence-electron chi connectivity index (χ4n) is 13.8. The van der Waals surface area contributed by atoms with E-state index in [2.05, 4.69) is 303 Å². The number of aromatic nitrogens is 6. The highest BCUT2D eigenvalue weighted by atomic mass is 15.0. The molecular weight excluding hydrogens is 1310 g/mol. The van der Waals surface area contributed by atoms with Gasteiger partial charge >= 0.3 is 0 Å². The van der Waals surface area contributed by atoms with Crippen molar-refractivity contribution in [3.8, 4) is 180 Å². The fourth-order valence-corrected chi connectivity index (χ4v) is 13.8. The van der Waals surface area contributed by atoms with Crippen molar-refractivity contribution in [3.05, 3.63) is 425 Å². The van der Waals surface area contributed by atoms with E-state index in [1.165, 1.54) is 66.8 Å². The zero-order valence-electron chi connectivity index (χ0n) is 59.1. The Hall–Kier alpha value is -14.5. The quantitative estimate of drug-likeness (QED) is 0.0959. The molecule has 0 saturated carbocycles. The minimum Gasteiger partial charge on any atom is -0.208 e. The van der Waals surface area contributed by atoms with Gasteiger partial charge in [-0.25, -0.2) is 29.9 Å². The van der Waals surface area contributed by atoms with Gasteiger partial charge in [-0.2, -0.15) is 0 Å².